The maximum Gasteiger partial charge on any atom is 0.206 e. The molecule has 130 valence electrons. The van der Waals surface area contributed by atoms with Gasteiger partial charge in [-0.05, 0) is 35.4 Å². The van der Waals surface area contributed by atoms with Gasteiger partial charge in [0.05, 0.1) is 0 Å². The van der Waals surface area contributed by atoms with Crippen LogP contribution < -0.4 is 9.64 Å². The molecule has 1 N–H and O–H groups in total. The number of hydrogen-bond acceptors (Lipinski definition) is 3. The Morgan fingerprint density at radius 1 is 1.04 bits per heavy atom. The standard InChI is InChI=1S/C22H18ClNO2/c23-17-10-11-20-16(12-17)13-22(25)18-8-4-5-9-19(18)24(21(22)26-20)14-15-6-2-1-3-7-15/h1-12,21,25H,13-14H2/t21-,22+/m0/s1. The third kappa shape index (κ3) is 2.32. The highest BCUT2D eigenvalue weighted by atomic mass is 35.5. The molecule has 3 aromatic carbocycles. The Kier molecular flexibility index (Phi) is 3.49. The van der Waals surface area contributed by atoms with E-state index in [9.17, 15) is 5.11 Å². The van der Waals surface area contributed by atoms with Gasteiger partial charge in [-0.3, -0.25) is 0 Å². The van der Waals surface area contributed by atoms with E-state index >= 15 is 0 Å². The lowest BCUT2D eigenvalue weighted by molar-refractivity contribution is -0.0696. The van der Waals surface area contributed by atoms with Gasteiger partial charge in [0.15, 0.2) is 5.60 Å². The molecule has 0 bridgehead atoms. The molecule has 2 aliphatic heterocycles. The van der Waals surface area contributed by atoms with Crippen LogP contribution in [0.5, 0.6) is 5.75 Å². The maximum atomic E-state index is 11.6. The third-order valence-corrected chi connectivity index (χ3v) is 5.52. The predicted molar refractivity (Wildman–Crippen MR) is 103 cm³/mol. The Hall–Kier alpha value is -2.49. The second-order valence-corrected chi connectivity index (χ2v) is 7.39. The molecular formula is C22H18ClNO2. The van der Waals surface area contributed by atoms with Gasteiger partial charge in [0.1, 0.15) is 5.75 Å². The fraction of sp³-hybridized carbons (Fsp3) is 0.182. The van der Waals surface area contributed by atoms with E-state index in [0.717, 1.165) is 22.6 Å². The molecule has 0 amide bonds. The summed E-state index contributed by atoms with van der Waals surface area (Å²) in [6.45, 7) is 0.674. The molecule has 0 saturated heterocycles. The molecule has 0 aromatic heterocycles. The maximum absolute atomic E-state index is 11.6. The highest BCUT2D eigenvalue weighted by Gasteiger charge is 2.54. The Morgan fingerprint density at radius 3 is 2.65 bits per heavy atom. The van der Waals surface area contributed by atoms with E-state index in [1.807, 2.05) is 54.6 Å². The van der Waals surface area contributed by atoms with E-state index in [2.05, 4.69) is 23.1 Å². The monoisotopic (exact) mass is 363 g/mol. The molecule has 0 aliphatic carbocycles. The first-order valence-electron chi connectivity index (χ1n) is 8.73. The summed E-state index contributed by atoms with van der Waals surface area (Å²) in [6, 6.07) is 23.9. The van der Waals surface area contributed by atoms with Gasteiger partial charge in [-0.15, -0.1) is 0 Å². The van der Waals surface area contributed by atoms with Crippen LogP contribution in [0.25, 0.3) is 0 Å². The van der Waals surface area contributed by atoms with Crippen molar-refractivity contribution in [2.75, 3.05) is 4.90 Å². The zero-order valence-electron chi connectivity index (χ0n) is 14.1. The van der Waals surface area contributed by atoms with Crippen molar-refractivity contribution in [2.45, 2.75) is 24.8 Å². The van der Waals surface area contributed by atoms with E-state index in [1.165, 1.54) is 5.56 Å². The van der Waals surface area contributed by atoms with Crippen molar-refractivity contribution in [3.05, 3.63) is 94.5 Å². The number of para-hydroxylation sites is 1. The minimum atomic E-state index is -1.09. The molecule has 2 heterocycles. The first-order valence-corrected chi connectivity index (χ1v) is 9.10. The molecule has 2 atom stereocenters. The third-order valence-electron chi connectivity index (χ3n) is 5.29. The predicted octanol–water partition coefficient (Wildman–Crippen LogP) is 4.51. The van der Waals surface area contributed by atoms with Crippen molar-refractivity contribution >= 4 is 17.3 Å². The largest absolute Gasteiger partial charge is 0.467 e. The van der Waals surface area contributed by atoms with Crippen LogP contribution in [-0.2, 0) is 18.6 Å². The second-order valence-electron chi connectivity index (χ2n) is 6.95. The quantitative estimate of drug-likeness (QED) is 0.727. The lowest BCUT2D eigenvalue weighted by Gasteiger charge is -2.40. The molecule has 5 rings (SSSR count). The molecule has 0 fully saturated rings. The molecule has 0 spiro atoms. The Morgan fingerprint density at radius 2 is 1.81 bits per heavy atom. The number of halogens is 1. The number of benzene rings is 3. The van der Waals surface area contributed by atoms with Gasteiger partial charge in [-0.25, -0.2) is 0 Å². The van der Waals surface area contributed by atoms with Crippen LogP contribution in [0.3, 0.4) is 0 Å². The van der Waals surface area contributed by atoms with Crippen molar-refractivity contribution in [3.63, 3.8) is 0 Å². The van der Waals surface area contributed by atoms with Crippen LogP contribution >= 0.6 is 11.6 Å². The Balaban J connectivity index is 1.62. The number of fused-ring (bicyclic) bond motifs is 4. The van der Waals surface area contributed by atoms with Crippen LogP contribution in [0, 0.1) is 0 Å². The van der Waals surface area contributed by atoms with Crippen molar-refractivity contribution in [2.24, 2.45) is 0 Å². The van der Waals surface area contributed by atoms with Crippen molar-refractivity contribution in [3.8, 4) is 5.75 Å². The van der Waals surface area contributed by atoms with Gasteiger partial charge in [0.25, 0.3) is 0 Å². The lowest BCUT2D eigenvalue weighted by atomic mass is 9.85. The minimum absolute atomic E-state index is 0.464. The fourth-order valence-corrected chi connectivity index (χ4v) is 4.31. The highest BCUT2D eigenvalue weighted by molar-refractivity contribution is 6.30. The van der Waals surface area contributed by atoms with E-state index in [0.29, 0.717) is 18.0 Å². The summed E-state index contributed by atoms with van der Waals surface area (Å²) in [4.78, 5) is 2.15. The number of aliphatic hydroxyl groups is 1. The summed E-state index contributed by atoms with van der Waals surface area (Å²) in [7, 11) is 0. The van der Waals surface area contributed by atoms with E-state index in [1.54, 1.807) is 0 Å². The number of rotatable bonds is 2. The van der Waals surface area contributed by atoms with Gasteiger partial charge in [0, 0.05) is 29.2 Å². The normalized spacial score (nSPS) is 23.0. The Labute approximate surface area is 157 Å². The van der Waals surface area contributed by atoms with Gasteiger partial charge in [-0.2, -0.15) is 0 Å². The zero-order chi connectivity index (χ0) is 17.7. The van der Waals surface area contributed by atoms with E-state index < -0.39 is 11.8 Å². The van der Waals surface area contributed by atoms with Gasteiger partial charge in [-0.1, -0.05) is 60.1 Å². The van der Waals surface area contributed by atoms with Crippen molar-refractivity contribution < 1.29 is 9.84 Å². The fourth-order valence-electron chi connectivity index (χ4n) is 4.11. The topological polar surface area (TPSA) is 32.7 Å². The lowest BCUT2D eigenvalue weighted by Crippen LogP contribution is -2.52. The van der Waals surface area contributed by atoms with E-state index in [4.69, 9.17) is 16.3 Å². The average Bonchev–Trinajstić information content (AvgIpc) is 2.89. The van der Waals surface area contributed by atoms with Gasteiger partial charge >= 0.3 is 0 Å². The smallest absolute Gasteiger partial charge is 0.206 e. The number of anilines is 1. The number of nitrogens with zero attached hydrogens (tertiary/aromatic N) is 1. The molecular weight excluding hydrogens is 346 g/mol. The second kappa shape index (κ2) is 5.76. The summed E-state index contributed by atoms with van der Waals surface area (Å²) in [6.07, 6.45) is 0.0179. The van der Waals surface area contributed by atoms with Crippen molar-refractivity contribution in [1.82, 2.24) is 0 Å². The molecule has 4 heteroatoms. The van der Waals surface area contributed by atoms with Crippen LogP contribution in [-0.4, -0.2) is 11.3 Å². The number of ether oxygens (including phenoxy) is 1. The summed E-state index contributed by atoms with van der Waals surface area (Å²) < 4.78 is 6.30. The van der Waals surface area contributed by atoms with Crippen molar-refractivity contribution in [1.29, 1.82) is 0 Å². The van der Waals surface area contributed by atoms with Crippen LogP contribution in [0.15, 0.2) is 72.8 Å². The van der Waals surface area contributed by atoms with Gasteiger partial charge in [0.2, 0.25) is 6.23 Å². The summed E-state index contributed by atoms with van der Waals surface area (Å²) in [5.74, 6) is 0.787. The number of hydrogen-bond donors (Lipinski definition) is 1. The van der Waals surface area contributed by atoms with Crippen LogP contribution in [0.2, 0.25) is 5.02 Å². The summed E-state index contributed by atoms with van der Waals surface area (Å²) >= 11 is 6.15. The van der Waals surface area contributed by atoms with Crippen LogP contribution in [0.1, 0.15) is 16.7 Å². The highest BCUT2D eigenvalue weighted by Crippen LogP contribution is 2.50. The molecule has 0 radical (unpaired) electrons. The SMILES string of the molecule is O[C@@]12Cc3cc(Cl)ccc3O[C@@H]1N(Cc1ccccc1)c1ccccc12. The minimum Gasteiger partial charge on any atom is -0.467 e. The van der Waals surface area contributed by atoms with Gasteiger partial charge < -0.3 is 14.7 Å². The zero-order valence-corrected chi connectivity index (χ0v) is 14.9. The summed E-state index contributed by atoms with van der Waals surface area (Å²) in [5, 5.41) is 12.3. The Bertz CT molecular complexity index is 975. The molecule has 3 nitrogen and oxygen atoms in total. The molecule has 2 aliphatic rings. The average molecular weight is 364 g/mol. The first kappa shape index (κ1) is 15.7. The van der Waals surface area contributed by atoms with Crippen LogP contribution in [0.4, 0.5) is 5.69 Å². The molecule has 26 heavy (non-hydrogen) atoms. The molecule has 0 saturated carbocycles. The van der Waals surface area contributed by atoms with E-state index in [-0.39, 0.29) is 0 Å². The summed E-state index contributed by atoms with van der Waals surface area (Å²) in [5.41, 5.74) is 2.95. The molecule has 0 unspecified atom stereocenters. The first-order chi connectivity index (χ1) is 12.6. The molecule has 3 aromatic rings.